The minimum Gasteiger partial charge on any atom is -0.349 e. The van der Waals surface area contributed by atoms with Crippen LogP contribution in [0.15, 0.2) is 36.5 Å². The number of hydrogen-bond donors (Lipinski definition) is 1. The third-order valence-corrected chi connectivity index (χ3v) is 5.04. The number of carbonyl (C=O) groups excluding carboxylic acids is 1. The summed E-state index contributed by atoms with van der Waals surface area (Å²) in [7, 11) is 0. The quantitative estimate of drug-likeness (QED) is 0.815. The van der Waals surface area contributed by atoms with E-state index in [1.807, 2.05) is 22.9 Å². The summed E-state index contributed by atoms with van der Waals surface area (Å²) < 4.78 is 1.97. The molecule has 1 fully saturated rings. The van der Waals surface area contributed by atoms with Crippen molar-refractivity contribution in [3.8, 4) is 0 Å². The summed E-state index contributed by atoms with van der Waals surface area (Å²) >= 11 is 0. The van der Waals surface area contributed by atoms with Gasteiger partial charge in [-0.05, 0) is 24.3 Å². The van der Waals surface area contributed by atoms with Crippen LogP contribution in [0.5, 0.6) is 0 Å². The minimum absolute atomic E-state index is 0.0370. The Morgan fingerprint density at radius 2 is 1.84 bits per heavy atom. The van der Waals surface area contributed by atoms with Crippen molar-refractivity contribution in [3.05, 3.63) is 53.3 Å². The Bertz CT molecular complexity index is 682. The van der Waals surface area contributed by atoms with Gasteiger partial charge >= 0.3 is 0 Å². The Morgan fingerprint density at radius 1 is 1.16 bits per heavy atom. The van der Waals surface area contributed by atoms with E-state index in [0.29, 0.717) is 12.6 Å². The van der Waals surface area contributed by atoms with Crippen LogP contribution in [0.1, 0.15) is 79.9 Å². The molecule has 1 heterocycles. The molecule has 4 nitrogen and oxygen atoms in total. The molecule has 0 atom stereocenters. The SMILES string of the molecule is CC(C)c1c(C(=O)NC2CCCCCC2)cnn1Cc1ccccc1. The van der Waals surface area contributed by atoms with Gasteiger partial charge in [0.05, 0.1) is 24.0 Å². The number of aromatic nitrogens is 2. The van der Waals surface area contributed by atoms with E-state index in [0.717, 1.165) is 24.1 Å². The van der Waals surface area contributed by atoms with Gasteiger partial charge in [-0.1, -0.05) is 69.9 Å². The van der Waals surface area contributed by atoms with Gasteiger partial charge in [0.2, 0.25) is 0 Å². The first kappa shape index (κ1) is 17.7. The maximum Gasteiger partial charge on any atom is 0.254 e. The lowest BCUT2D eigenvalue weighted by Crippen LogP contribution is -2.35. The highest BCUT2D eigenvalue weighted by atomic mass is 16.1. The Balaban J connectivity index is 1.77. The molecule has 1 N–H and O–H groups in total. The molecular formula is C21H29N3O. The fourth-order valence-electron chi connectivity index (χ4n) is 3.75. The number of rotatable bonds is 5. The third kappa shape index (κ3) is 4.50. The minimum atomic E-state index is 0.0370. The molecule has 0 saturated heterocycles. The molecule has 0 radical (unpaired) electrons. The lowest BCUT2D eigenvalue weighted by molar-refractivity contribution is 0.0932. The average molecular weight is 339 g/mol. The first-order valence-electron chi connectivity index (χ1n) is 9.55. The average Bonchev–Trinajstić information content (AvgIpc) is 2.85. The highest BCUT2D eigenvalue weighted by Gasteiger charge is 2.22. The monoisotopic (exact) mass is 339 g/mol. The zero-order valence-corrected chi connectivity index (χ0v) is 15.4. The molecule has 1 amide bonds. The van der Waals surface area contributed by atoms with Crippen LogP contribution < -0.4 is 5.32 Å². The van der Waals surface area contributed by atoms with Gasteiger partial charge in [0.1, 0.15) is 0 Å². The van der Waals surface area contributed by atoms with Crippen LogP contribution in [0, 0.1) is 0 Å². The Morgan fingerprint density at radius 3 is 2.48 bits per heavy atom. The van der Waals surface area contributed by atoms with Gasteiger partial charge < -0.3 is 5.32 Å². The zero-order valence-electron chi connectivity index (χ0n) is 15.4. The van der Waals surface area contributed by atoms with Crippen LogP contribution in [0.25, 0.3) is 0 Å². The van der Waals surface area contributed by atoms with Gasteiger partial charge in [-0.2, -0.15) is 5.10 Å². The Hall–Kier alpha value is -2.10. The standard InChI is InChI=1S/C21H29N3O/c1-16(2)20-19(21(25)23-18-12-8-3-4-9-13-18)14-22-24(20)15-17-10-6-5-7-11-17/h5-7,10-11,14,16,18H,3-4,8-9,12-13,15H2,1-2H3,(H,23,25). The number of nitrogens with one attached hydrogen (secondary N) is 1. The second-order valence-corrected chi connectivity index (χ2v) is 7.40. The molecule has 2 aromatic rings. The van der Waals surface area contributed by atoms with Crippen molar-refractivity contribution >= 4 is 5.91 Å². The summed E-state index contributed by atoms with van der Waals surface area (Å²) in [5.74, 6) is 0.288. The fourth-order valence-corrected chi connectivity index (χ4v) is 3.75. The number of hydrogen-bond acceptors (Lipinski definition) is 2. The van der Waals surface area contributed by atoms with Crippen molar-refractivity contribution in [2.75, 3.05) is 0 Å². The normalized spacial score (nSPS) is 16.0. The number of carbonyl (C=O) groups is 1. The van der Waals surface area contributed by atoms with Gasteiger partial charge in [0.15, 0.2) is 0 Å². The highest BCUT2D eigenvalue weighted by Crippen LogP contribution is 2.22. The first-order valence-corrected chi connectivity index (χ1v) is 9.55. The van der Waals surface area contributed by atoms with Crippen molar-refractivity contribution in [3.63, 3.8) is 0 Å². The Labute approximate surface area is 150 Å². The van der Waals surface area contributed by atoms with Crippen LogP contribution >= 0.6 is 0 Å². The van der Waals surface area contributed by atoms with E-state index in [4.69, 9.17) is 0 Å². The molecule has 0 unspecified atom stereocenters. The van der Waals surface area contributed by atoms with Crippen molar-refractivity contribution in [2.24, 2.45) is 0 Å². The van der Waals surface area contributed by atoms with Crippen molar-refractivity contribution in [1.82, 2.24) is 15.1 Å². The van der Waals surface area contributed by atoms with Gasteiger partial charge in [0, 0.05) is 6.04 Å². The van der Waals surface area contributed by atoms with E-state index in [9.17, 15) is 4.79 Å². The largest absolute Gasteiger partial charge is 0.349 e. The van der Waals surface area contributed by atoms with E-state index in [2.05, 4.69) is 36.4 Å². The summed E-state index contributed by atoms with van der Waals surface area (Å²) in [6.07, 6.45) is 8.95. The third-order valence-electron chi connectivity index (χ3n) is 5.04. The summed E-state index contributed by atoms with van der Waals surface area (Å²) in [5, 5.41) is 7.78. The van der Waals surface area contributed by atoms with Crippen LogP contribution in [-0.2, 0) is 6.54 Å². The lowest BCUT2D eigenvalue weighted by atomic mass is 10.0. The molecule has 0 bridgehead atoms. The summed E-state index contributed by atoms with van der Waals surface area (Å²) in [6.45, 7) is 4.95. The molecule has 3 rings (SSSR count). The van der Waals surface area contributed by atoms with E-state index in [-0.39, 0.29) is 11.8 Å². The predicted octanol–water partition coefficient (Wildman–Crippen LogP) is 4.51. The maximum absolute atomic E-state index is 12.9. The molecule has 1 aliphatic rings. The van der Waals surface area contributed by atoms with Crippen LogP contribution in [0.2, 0.25) is 0 Å². The molecule has 134 valence electrons. The number of amides is 1. The molecule has 1 aromatic heterocycles. The van der Waals surface area contributed by atoms with Gasteiger partial charge in [-0.25, -0.2) is 0 Å². The molecule has 25 heavy (non-hydrogen) atoms. The molecule has 1 aliphatic carbocycles. The van der Waals surface area contributed by atoms with Crippen LogP contribution in [0.3, 0.4) is 0 Å². The van der Waals surface area contributed by atoms with Crippen molar-refractivity contribution in [1.29, 1.82) is 0 Å². The molecule has 0 spiro atoms. The summed E-state index contributed by atoms with van der Waals surface area (Å²) in [5.41, 5.74) is 2.95. The fraction of sp³-hybridized carbons (Fsp3) is 0.524. The van der Waals surface area contributed by atoms with E-state index >= 15 is 0 Å². The first-order chi connectivity index (χ1) is 12.1. The van der Waals surface area contributed by atoms with Gasteiger partial charge in [-0.3, -0.25) is 9.48 Å². The smallest absolute Gasteiger partial charge is 0.254 e. The number of benzene rings is 1. The zero-order chi connectivity index (χ0) is 17.6. The summed E-state index contributed by atoms with van der Waals surface area (Å²) in [6, 6.07) is 10.6. The second kappa shape index (κ2) is 8.32. The maximum atomic E-state index is 12.9. The van der Waals surface area contributed by atoms with E-state index < -0.39 is 0 Å². The molecule has 1 aromatic carbocycles. The molecular weight excluding hydrogens is 310 g/mol. The lowest BCUT2D eigenvalue weighted by Gasteiger charge is -2.17. The van der Waals surface area contributed by atoms with E-state index in [1.165, 1.54) is 31.2 Å². The number of nitrogens with zero attached hydrogens (tertiary/aromatic N) is 2. The molecule has 4 heteroatoms. The summed E-state index contributed by atoms with van der Waals surface area (Å²) in [4.78, 5) is 12.9. The van der Waals surface area contributed by atoms with Crippen molar-refractivity contribution < 1.29 is 4.79 Å². The van der Waals surface area contributed by atoms with E-state index in [1.54, 1.807) is 6.20 Å². The molecule has 1 saturated carbocycles. The predicted molar refractivity (Wildman–Crippen MR) is 101 cm³/mol. The Kier molecular flexibility index (Phi) is 5.90. The van der Waals surface area contributed by atoms with Gasteiger partial charge in [-0.15, -0.1) is 0 Å². The van der Waals surface area contributed by atoms with Crippen LogP contribution in [0.4, 0.5) is 0 Å². The molecule has 0 aliphatic heterocycles. The van der Waals surface area contributed by atoms with Crippen molar-refractivity contribution in [2.45, 2.75) is 70.9 Å². The topological polar surface area (TPSA) is 46.9 Å². The van der Waals surface area contributed by atoms with Crippen LogP contribution in [-0.4, -0.2) is 21.7 Å². The second-order valence-electron chi connectivity index (χ2n) is 7.40. The van der Waals surface area contributed by atoms with Gasteiger partial charge in [0.25, 0.3) is 5.91 Å². The highest BCUT2D eigenvalue weighted by molar-refractivity contribution is 5.95.